The van der Waals surface area contributed by atoms with Gasteiger partial charge in [0.2, 0.25) is 0 Å². The van der Waals surface area contributed by atoms with Crippen molar-refractivity contribution in [2.45, 2.75) is 0 Å². The van der Waals surface area contributed by atoms with E-state index < -0.39 is 6.03 Å². The van der Waals surface area contributed by atoms with E-state index in [4.69, 9.17) is 5.11 Å². The summed E-state index contributed by atoms with van der Waals surface area (Å²) in [7, 11) is 0. The molecule has 0 radical (unpaired) electrons. The molecule has 0 fully saturated rings. The van der Waals surface area contributed by atoms with Crippen molar-refractivity contribution in [1.29, 1.82) is 0 Å². The summed E-state index contributed by atoms with van der Waals surface area (Å²) in [5.41, 5.74) is 1.04. The van der Waals surface area contributed by atoms with E-state index in [1.54, 1.807) is 12.1 Å². The molecular formula is C13H11FN2O2. The maximum Gasteiger partial charge on any atom is 0.323 e. The summed E-state index contributed by atoms with van der Waals surface area (Å²) >= 11 is 0. The summed E-state index contributed by atoms with van der Waals surface area (Å²) in [4.78, 5) is 11.6. The lowest BCUT2D eigenvalue weighted by Crippen LogP contribution is -2.19. The number of benzene rings is 2. The Morgan fingerprint density at radius 2 is 1.33 bits per heavy atom. The fourth-order valence-electron chi connectivity index (χ4n) is 1.37. The minimum atomic E-state index is -0.438. The SMILES string of the molecule is O=C(Nc1ccc(O)cc1)Nc1ccc(F)cc1. The number of hydrogen-bond acceptors (Lipinski definition) is 2. The van der Waals surface area contributed by atoms with Gasteiger partial charge in [-0.3, -0.25) is 0 Å². The highest BCUT2D eigenvalue weighted by Crippen LogP contribution is 2.14. The molecule has 0 bridgehead atoms. The van der Waals surface area contributed by atoms with Crippen LogP contribution in [-0.4, -0.2) is 11.1 Å². The molecule has 0 saturated carbocycles. The van der Waals surface area contributed by atoms with Gasteiger partial charge in [0.25, 0.3) is 0 Å². The summed E-state index contributed by atoms with van der Waals surface area (Å²) in [5.74, 6) is -0.237. The molecule has 18 heavy (non-hydrogen) atoms. The van der Waals surface area contributed by atoms with Crippen molar-refractivity contribution < 1.29 is 14.3 Å². The van der Waals surface area contributed by atoms with Crippen LogP contribution in [0.3, 0.4) is 0 Å². The maximum absolute atomic E-state index is 12.7. The number of anilines is 2. The largest absolute Gasteiger partial charge is 0.508 e. The Kier molecular flexibility index (Phi) is 3.43. The lowest BCUT2D eigenvalue weighted by molar-refractivity contribution is 0.262. The molecule has 0 aromatic heterocycles. The van der Waals surface area contributed by atoms with Gasteiger partial charge in [-0.15, -0.1) is 0 Å². The molecule has 2 aromatic carbocycles. The number of nitrogens with one attached hydrogen (secondary N) is 2. The third-order valence-corrected chi connectivity index (χ3v) is 2.23. The van der Waals surface area contributed by atoms with Gasteiger partial charge >= 0.3 is 6.03 Å². The highest BCUT2D eigenvalue weighted by atomic mass is 19.1. The molecule has 2 rings (SSSR count). The molecule has 0 aliphatic carbocycles. The van der Waals surface area contributed by atoms with Gasteiger partial charge in [-0.2, -0.15) is 0 Å². The Hall–Kier alpha value is -2.56. The van der Waals surface area contributed by atoms with Crippen LogP contribution >= 0.6 is 0 Å². The van der Waals surface area contributed by atoms with Gasteiger partial charge in [-0.05, 0) is 48.5 Å². The lowest BCUT2D eigenvalue weighted by Gasteiger charge is -2.07. The monoisotopic (exact) mass is 246 g/mol. The number of carbonyl (C=O) groups is 1. The Morgan fingerprint density at radius 1 is 0.889 bits per heavy atom. The highest BCUT2D eigenvalue weighted by Gasteiger charge is 2.02. The molecule has 2 aromatic rings. The van der Waals surface area contributed by atoms with Crippen molar-refractivity contribution in [3.8, 4) is 5.75 Å². The number of carbonyl (C=O) groups excluding carboxylic acids is 1. The minimum Gasteiger partial charge on any atom is -0.508 e. The van der Waals surface area contributed by atoms with Crippen LogP contribution in [0.5, 0.6) is 5.75 Å². The summed E-state index contributed by atoms with van der Waals surface area (Å²) in [6, 6.07) is 11.1. The molecule has 4 nitrogen and oxygen atoms in total. The van der Waals surface area contributed by atoms with Crippen LogP contribution in [-0.2, 0) is 0 Å². The van der Waals surface area contributed by atoms with E-state index in [-0.39, 0.29) is 11.6 Å². The first-order chi connectivity index (χ1) is 8.63. The van der Waals surface area contributed by atoms with Crippen LogP contribution in [0.1, 0.15) is 0 Å². The summed E-state index contributed by atoms with van der Waals surface area (Å²) in [5, 5.41) is 14.2. The second-order valence-electron chi connectivity index (χ2n) is 3.63. The van der Waals surface area contributed by atoms with Crippen LogP contribution in [0.15, 0.2) is 48.5 Å². The second-order valence-corrected chi connectivity index (χ2v) is 3.63. The first-order valence-electron chi connectivity index (χ1n) is 5.26. The molecule has 5 heteroatoms. The zero-order valence-electron chi connectivity index (χ0n) is 9.35. The molecule has 0 saturated heterocycles. The predicted molar refractivity (Wildman–Crippen MR) is 67.1 cm³/mol. The van der Waals surface area contributed by atoms with E-state index in [2.05, 4.69) is 10.6 Å². The number of hydrogen-bond donors (Lipinski definition) is 3. The van der Waals surface area contributed by atoms with Gasteiger partial charge < -0.3 is 15.7 Å². The van der Waals surface area contributed by atoms with Crippen LogP contribution in [0.4, 0.5) is 20.6 Å². The zero-order valence-corrected chi connectivity index (χ0v) is 9.35. The van der Waals surface area contributed by atoms with Gasteiger partial charge in [-0.25, -0.2) is 9.18 Å². The molecule has 92 valence electrons. The Labute approximate surface area is 103 Å². The average Bonchev–Trinajstić information content (AvgIpc) is 2.35. The van der Waals surface area contributed by atoms with E-state index in [0.29, 0.717) is 11.4 Å². The average molecular weight is 246 g/mol. The van der Waals surface area contributed by atoms with Crippen molar-refractivity contribution in [2.24, 2.45) is 0 Å². The number of amides is 2. The Morgan fingerprint density at radius 3 is 1.83 bits per heavy atom. The first-order valence-corrected chi connectivity index (χ1v) is 5.26. The fourth-order valence-corrected chi connectivity index (χ4v) is 1.37. The van der Waals surface area contributed by atoms with Crippen LogP contribution in [0.25, 0.3) is 0 Å². The molecule has 0 unspecified atom stereocenters. The zero-order chi connectivity index (χ0) is 13.0. The smallest absolute Gasteiger partial charge is 0.323 e. The predicted octanol–water partition coefficient (Wildman–Crippen LogP) is 3.18. The number of rotatable bonds is 2. The van der Waals surface area contributed by atoms with Crippen molar-refractivity contribution in [3.05, 3.63) is 54.3 Å². The Balaban J connectivity index is 1.96. The van der Waals surface area contributed by atoms with Crippen molar-refractivity contribution in [3.63, 3.8) is 0 Å². The van der Waals surface area contributed by atoms with Crippen molar-refractivity contribution >= 4 is 17.4 Å². The quantitative estimate of drug-likeness (QED) is 0.713. The number of phenols is 1. The molecule has 0 aliphatic rings. The van der Waals surface area contributed by atoms with Gasteiger partial charge in [0.1, 0.15) is 11.6 Å². The third kappa shape index (κ3) is 3.21. The van der Waals surface area contributed by atoms with E-state index in [1.165, 1.54) is 36.4 Å². The molecule has 2 amide bonds. The van der Waals surface area contributed by atoms with E-state index in [0.717, 1.165) is 0 Å². The molecular weight excluding hydrogens is 235 g/mol. The van der Waals surface area contributed by atoms with Crippen LogP contribution in [0.2, 0.25) is 0 Å². The van der Waals surface area contributed by atoms with Crippen molar-refractivity contribution in [2.75, 3.05) is 10.6 Å². The molecule has 0 atom stereocenters. The summed E-state index contributed by atoms with van der Waals surface area (Å²) in [6.45, 7) is 0. The van der Waals surface area contributed by atoms with Gasteiger partial charge in [-0.1, -0.05) is 0 Å². The molecule has 3 N–H and O–H groups in total. The van der Waals surface area contributed by atoms with Gasteiger partial charge in [0.15, 0.2) is 0 Å². The number of urea groups is 1. The Bertz CT molecular complexity index is 488. The summed E-state index contributed by atoms with van der Waals surface area (Å²) in [6.07, 6.45) is 0. The number of halogens is 1. The fraction of sp³-hybridized carbons (Fsp3) is 0. The van der Waals surface area contributed by atoms with Crippen molar-refractivity contribution in [1.82, 2.24) is 0 Å². The first kappa shape index (κ1) is 11.9. The third-order valence-electron chi connectivity index (χ3n) is 2.23. The molecule has 0 heterocycles. The number of phenolic OH excluding ortho intramolecular Hbond substituents is 1. The second kappa shape index (κ2) is 5.18. The lowest BCUT2D eigenvalue weighted by atomic mass is 10.3. The van der Waals surface area contributed by atoms with Crippen LogP contribution in [0, 0.1) is 5.82 Å². The highest BCUT2D eigenvalue weighted by molar-refractivity contribution is 5.99. The normalized spacial score (nSPS) is 9.83. The summed E-state index contributed by atoms with van der Waals surface area (Å²) < 4.78 is 12.7. The number of aromatic hydroxyl groups is 1. The topological polar surface area (TPSA) is 61.4 Å². The van der Waals surface area contributed by atoms with E-state index in [1.807, 2.05) is 0 Å². The van der Waals surface area contributed by atoms with E-state index >= 15 is 0 Å². The molecule has 0 spiro atoms. The standard InChI is InChI=1S/C13H11FN2O2/c14-9-1-3-10(4-2-9)15-13(18)16-11-5-7-12(17)8-6-11/h1-8,17H,(H2,15,16,18). The van der Waals surface area contributed by atoms with Crippen LogP contribution < -0.4 is 10.6 Å². The minimum absolute atomic E-state index is 0.125. The van der Waals surface area contributed by atoms with Gasteiger partial charge in [0, 0.05) is 11.4 Å². The molecule has 0 aliphatic heterocycles. The van der Waals surface area contributed by atoms with Gasteiger partial charge in [0.05, 0.1) is 0 Å². The maximum atomic E-state index is 12.7. The van der Waals surface area contributed by atoms with E-state index in [9.17, 15) is 9.18 Å².